The van der Waals surface area contributed by atoms with E-state index in [9.17, 15) is 4.79 Å². The van der Waals surface area contributed by atoms with Crippen LogP contribution in [0.15, 0.2) is 78.9 Å². The SMILES string of the molecule is CN1CCc2c(sc(NC(=O)c3cccc(Oc4ccccc4)c3)c2-c2nc3ccccc3s2)C1. The molecule has 1 amide bonds. The molecule has 3 heterocycles. The predicted octanol–water partition coefficient (Wildman–Crippen LogP) is 7.06. The lowest BCUT2D eigenvalue weighted by molar-refractivity contribution is 0.102. The molecular weight excluding hydrogens is 474 g/mol. The Morgan fingerprint density at radius 3 is 2.63 bits per heavy atom. The first-order valence-electron chi connectivity index (χ1n) is 11.5. The lowest BCUT2D eigenvalue weighted by Crippen LogP contribution is -2.25. The molecule has 174 valence electrons. The Bertz CT molecular complexity index is 1490. The Kier molecular flexibility index (Phi) is 5.82. The van der Waals surface area contributed by atoms with Crippen LogP contribution in [0.3, 0.4) is 0 Å². The van der Waals surface area contributed by atoms with Gasteiger partial charge in [-0.05, 0) is 61.5 Å². The number of hydrogen-bond donors (Lipinski definition) is 1. The summed E-state index contributed by atoms with van der Waals surface area (Å²) in [6.07, 6.45) is 0.948. The van der Waals surface area contributed by atoms with Crippen LogP contribution in [0.2, 0.25) is 0 Å². The van der Waals surface area contributed by atoms with Gasteiger partial charge < -0.3 is 15.0 Å². The second-order valence-corrected chi connectivity index (χ2v) is 10.7. The van der Waals surface area contributed by atoms with Crippen molar-refractivity contribution in [1.29, 1.82) is 0 Å². The number of nitrogens with one attached hydrogen (secondary N) is 1. The van der Waals surface area contributed by atoms with Crippen LogP contribution >= 0.6 is 22.7 Å². The molecule has 5 nitrogen and oxygen atoms in total. The van der Waals surface area contributed by atoms with Crippen molar-refractivity contribution in [2.75, 3.05) is 18.9 Å². The number of thiazole rings is 1. The van der Waals surface area contributed by atoms with Crippen molar-refractivity contribution in [2.45, 2.75) is 13.0 Å². The van der Waals surface area contributed by atoms with Crippen molar-refractivity contribution in [3.63, 3.8) is 0 Å². The molecule has 7 heteroatoms. The summed E-state index contributed by atoms with van der Waals surface area (Å²) in [5, 5.41) is 5.03. The van der Waals surface area contributed by atoms with Crippen molar-refractivity contribution in [2.24, 2.45) is 0 Å². The van der Waals surface area contributed by atoms with Gasteiger partial charge in [-0.2, -0.15) is 0 Å². The second kappa shape index (κ2) is 9.26. The highest BCUT2D eigenvalue weighted by Gasteiger charge is 2.27. The maximum absolute atomic E-state index is 13.4. The van der Waals surface area contributed by atoms with Crippen LogP contribution in [0.4, 0.5) is 5.00 Å². The number of para-hydroxylation sites is 2. The molecule has 0 saturated carbocycles. The first kappa shape index (κ1) is 22.0. The molecule has 1 N–H and O–H groups in total. The van der Waals surface area contributed by atoms with E-state index in [0.29, 0.717) is 11.3 Å². The molecule has 1 aliphatic heterocycles. The number of hydrogen-bond acceptors (Lipinski definition) is 6. The van der Waals surface area contributed by atoms with Crippen LogP contribution in [0.5, 0.6) is 11.5 Å². The van der Waals surface area contributed by atoms with Crippen LogP contribution in [-0.4, -0.2) is 29.4 Å². The third kappa shape index (κ3) is 4.46. The van der Waals surface area contributed by atoms with Gasteiger partial charge in [-0.25, -0.2) is 4.98 Å². The average molecular weight is 498 g/mol. The number of fused-ring (bicyclic) bond motifs is 2. The molecule has 2 aromatic heterocycles. The first-order valence-corrected chi connectivity index (χ1v) is 13.1. The number of anilines is 1. The Labute approximate surface area is 211 Å². The summed E-state index contributed by atoms with van der Waals surface area (Å²) < 4.78 is 7.08. The highest BCUT2D eigenvalue weighted by molar-refractivity contribution is 7.23. The summed E-state index contributed by atoms with van der Waals surface area (Å²) in [7, 11) is 2.14. The molecule has 0 bridgehead atoms. The number of amides is 1. The van der Waals surface area contributed by atoms with E-state index >= 15 is 0 Å². The molecule has 1 aliphatic rings. The van der Waals surface area contributed by atoms with Gasteiger partial charge in [-0.3, -0.25) is 4.79 Å². The van der Waals surface area contributed by atoms with E-state index in [1.165, 1.54) is 10.4 Å². The summed E-state index contributed by atoms with van der Waals surface area (Å²) >= 11 is 3.34. The maximum atomic E-state index is 13.4. The first-order chi connectivity index (χ1) is 17.1. The van der Waals surface area contributed by atoms with Crippen LogP contribution in [0, 0.1) is 0 Å². The quantitative estimate of drug-likeness (QED) is 0.282. The Morgan fingerprint density at radius 2 is 1.77 bits per heavy atom. The summed E-state index contributed by atoms with van der Waals surface area (Å²) in [5.41, 5.74) is 3.92. The molecular formula is C28H23N3O2S2. The van der Waals surface area contributed by atoms with Gasteiger partial charge in [0.1, 0.15) is 21.5 Å². The van der Waals surface area contributed by atoms with Gasteiger partial charge in [-0.1, -0.05) is 36.4 Å². The van der Waals surface area contributed by atoms with Gasteiger partial charge in [0.15, 0.2) is 0 Å². The Hall–Kier alpha value is -3.52. The van der Waals surface area contributed by atoms with Crippen molar-refractivity contribution in [1.82, 2.24) is 9.88 Å². The van der Waals surface area contributed by atoms with E-state index in [-0.39, 0.29) is 5.91 Å². The number of carbonyl (C=O) groups excluding carboxylic acids is 1. The van der Waals surface area contributed by atoms with Gasteiger partial charge in [0, 0.05) is 29.1 Å². The third-order valence-corrected chi connectivity index (χ3v) is 8.24. The Balaban J connectivity index is 1.34. The Morgan fingerprint density at radius 1 is 0.971 bits per heavy atom. The molecule has 0 atom stereocenters. The monoisotopic (exact) mass is 497 g/mol. The average Bonchev–Trinajstić information content (AvgIpc) is 3.45. The van der Waals surface area contributed by atoms with Crippen molar-refractivity contribution >= 4 is 43.8 Å². The molecule has 5 aromatic rings. The molecule has 0 radical (unpaired) electrons. The summed E-state index contributed by atoms with van der Waals surface area (Å²) in [5.74, 6) is 1.21. The highest BCUT2D eigenvalue weighted by atomic mass is 32.1. The third-order valence-electron chi connectivity index (χ3n) is 6.06. The summed E-state index contributed by atoms with van der Waals surface area (Å²) in [6, 6.07) is 25.0. The molecule has 3 aromatic carbocycles. The largest absolute Gasteiger partial charge is 0.457 e. The fourth-order valence-corrected chi connectivity index (χ4v) is 6.76. The molecule has 0 spiro atoms. The van der Waals surface area contributed by atoms with Crippen molar-refractivity contribution < 1.29 is 9.53 Å². The molecule has 0 unspecified atom stereocenters. The minimum atomic E-state index is -0.155. The number of aromatic nitrogens is 1. The van der Waals surface area contributed by atoms with Gasteiger partial charge in [-0.15, -0.1) is 22.7 Å². The van der Waals surface area contributed by atoms with Crippen molar-refractivity contribution in [3.8, 4) is 22.1 Å². The minimum absolute atomic E-state index is 0.155. The number of ether oxygens (including phenoxy) is 1. The fraction of sp³-hybridized carbons (Fsp3) is 0.143. The van der Waals surface area contributed by atoms with E-state index in [1.807, 2.05) is 66.7 Å². The molecule has 0 saturated heterocycles. The number of likely N-dealkylation sites (N-methyl/N-ethyl adjacent to an activating group) is 1. The van der Waals surface area contributed by atoms with E-state index < -0.39 is 0 Å². The lowest BCUT2D eigenvalue weighted by atomic mass is 10.0. The maximum Gasteiger partial charge on any atom is 0.256 e. The molecule has 0 fully saturated rings. The molecule has 6 rings (SSSR count). The topological polar surface area (TPSA) is 54.5 Å². The zero-order valence-corrected chi connectivity index (χ0v) is 20.8. The zero-order chi connectivity index (χ0) is 23.8. The number of thiophene rings is 1. The lowest BCUT2D eigenvalue weighted by Gasteiger charge is -2.22. The minimum Gasteiger partial charge on any atom is -0.457 e. The van der Waals surface area contributed by atoms with E-state index in [0.717, 1.165) is 51.0 Å². The second-order valence-electron chi connectivity index (χ2n) is 8.58. The van der Waals surface area contributed by atoms with Crippen LogP contribution in [-0.2, 0) is 13.0 Å². The fourth-order valence-electron chi connectivity index (χ4n) is 4.33. The number of carbonyl (C=O) groups is 1. The smallest absolute Gasteiger partial charge is 0.256 e. The van der Waals surface area contributed by atoms with Gasteiger partial charge >= 0.3 is 0 Å². The highest BCUT2D eigenvalue weighted by Crippen LogP contribution is 2.45. The molecule has 0 aliphatic carbocycles. The number of rotatable bonds is 5. The van der Waals surface area contributed by atoms with Gasteiger partial charge in [0.2, 0.25) is 0 Å². The van der Waals surface area contributed by atoms with E-state index in [2.05, 4.69) is 23.3 Å². The zero-order valence-electron chi connectivity index (χ0n) is 19.2. The van der Waals surface area contributed by atoms with E-state index in [4.69, 9.17) is 9.72 Å². The summed E-state index contributed by atoms with van der Waals surface area (Å²) in [4.78, 5) is 21.9. The predicted molar refractivity (Wildman–Crippen MR) is 144 cm³/mol. The van der Waals surface area contributed by atoms with Gasteiger partial charge in [0.25, 0.3) is 5.91 Å². The van der Waals surface area contributed by atoms with Crippen LogP contribution in [0.25, 0.3) is 20.8 Å². The van der Waals surface area contributed by atoms with Crippen LogP contribution in [0.1, 0.15) is 20.8 Å². The van der Waals surface area contributed by atoms with E-state index in [1.54, 1.807) is 28.7 Å². The van der Waals surface area contributed by atoms with Gasteiger partial charge in [0.05, 0.1) is 10.2 Å². The van der Waals surface area contributed by atoms with Crippen LogP contribution < -0.4 is 10.1 Å². The standard InChI is InChI=1S/C28H23N3O2S2/c1-31-15-14-21-24(17-31)35-28(25(21)27-29-22-12-5-6-13-23(22)34-27)30-26(32)18-8-7-11-20(16-18)33-19-9-3-2-4-10-19/h2-13,16H,14-15,17H2,1H3,(H,30,32). The summed E-state index contributed by atoms with van der Waals surface area (Å²) in [6.45, 7) is 1.88. The number of nitrogens with zero attached hydrogens (tertiary/aromatic N) is 2. The molecule has 35 heavy (non-hydrogen) atoms. The normalized spacial score (nSPS) is 13.5. The number of benzene rings is 3. The van der Waals surface area contributed by atoms with Crippen molar-refractivity contribution in [3.05, 3.63) is 94.9 Å².